The molecule has 0 aromatic heterocycles. The van der Waals surface area contributed by atoms with E-state index in [1.165, 1.54) is 0 Å². The molecule has 1 unspecified atom stereocenters. The van der Waals surface area contributed by atoms with Gasteiger partial charge in [0.15, 0.2) is 0 Å². The molecule has 17 heavy (non-hydrogen) atoms. The summed E-state index contributed by atoms with van der Waals surface area (Å²) in [6.45, 7) is 1.53. The van der Waals surface area contributed by atoms with Crippen LogP contribution in [-0.2, 0) is 4.74 Å². The van der Waals surface area contributed by atoms with Crippen LogP contribution < -0.4 is 11.3 Å². The zero-order valence-electron chi connectivity index (χ0n) is 9.97. The molecule has 0 aliphatic carbocycles. The first kappa shape index (κ1) is 11.9. The second-order valence-corrected chi connectivity index (χ2v) is 4.04. The van der Waals surface area contributed by atoms with Gasteiger partial charge in [-0.2, -0.15) is 0 Å². The number of para-hydroxylation sites is 1. The van der Waals surface area contributed by atoms with Crippen molar-refractivity contribution in [2.45, 2.75) is 12.5 Å². The highest BCUT2D eigenvalue weighted by Gasteiger charge is 2.22. The van der Waals surface area contributed by atoms with E-state index >= 15 is 0 Å². The molecule has 1 aromatic carbocycles. The average Bonchev–Trinajstić information content (AvgIpc) is 2.90. The molecule has 0 bridgehead atoms. The van der Waals surface area contributed by atoms with Gasteiger partial charge < -0.3 is 9.64 Å². The Balaban J connectivity index is 2.12. The van der Waals surface area contributed by atoms with Crippen molar-refractivity contribution in [3.8, 4) is 0 Å². The van der Waals surface area contributed by atoms with E-state index in [0.29, 0.717) is 12.0 Å². The number of hydrogen-bond donors (Lipinski definition) is 2. The zero-order valence-corrected chi connectivity index (χ0v) is 9.97. The van der Waals surface area contributed by atoms with Gasteiger partial charge in [-0.25, -0.2) is 10.8 Å². The van der Waals surface area contributed by atoms with E-state index in [1.807, 2.05) is 42.3 Å². The molecule has 2 rings (SSSR count). The van der Waals surface area contributed by atoms with Crippen LogP contribution >= 0.6 is 0 Å². The van der Waals surface area contributed by atoms with Gasteiger partial charge in [0.1, 0.15) is 0 Å². The predicted molar refractivity (Wildman–Crippen MR) is 67.8 cm³/mol. The summed E-state index contributed by atoms with van der Waals surface area (Å²) in [5.41, 5.74) is 3.53. The van der Waals surface area contributed by atoms with Gasteiger partial charge >= 0.3 is 0 Å². The molecule has 5 nitrogen and oxygen atoms in total. The van der Waals surface area contributed by atoms with Crippen LogP contribution in [0, 0.1) is 0 Å². The van der Waals surface area contributed by atoms with Gasteiger partial charge in [0.2, 0.25) is 5.96 Å². The molecule has 1 heterocycles. The van der Waals surface area contributed by atoms with Gasteiger partial charge in [-0.3, -0.25) is 5.43 Å². The van der Waals surface area contributed by atoms with E-state index < -0.39 is 0 Å². The largest absolute Gasteiger partial charge is 0.379 e. The van der Waals surface area contributed by atoms with Crippen LogP contribution in [0.4, 0.5) is 5.69 Å². The number of guanidine groups is 1. The normalized spacial score (nSPS) is 20.4. The second kappa shape index (κ2) is 5.65. The summed E-state index contributed by atoms with van der Waals surface area (Å²) >= 11 is 0. The van der Waals surface area contributed by atoms with Gasteiger partial charge in [-0.1, -0.05) is 18.2 Å². The van der Waals surface area contributed by atoms with Crippen LogP contribution in [0.15, 0.2) is 35.3 Å². The van der Waals surface area contributed by atoms with Crippen molar-refractivity contribution in [1.29, 1.82) is 0 Å². The molecule has 0 radical (unpaired) electrons. The lowest BCUT2D eigenvalue weighted by atomic mass is 10.2. The van der Waals surface area contributed by atoms with Gasteiger partial charge in [0.25, 0.3) is 0 Å². The molecular formula is C12H18N4O. The maximum absolute atomic E-state index is 5.53. The highest BCUT2D eigenvalue weighted by atomic mass is 16.5. The Morgan fingerprint density at radius 2 is 2.24 bits per heavy atom. The van der Waals surface area contributed by atoms with Crippen molar-refractivity contribution in [1.82, 2.24) is 10.3 Å². The van der Waals surface area contributed by atoms with Gasteiger partial charge in [-0.15, -0.1) is 0 Å². The lowest BCUT2D eigenvalue weighted by Crippen LogP contribution is -2.47. The molecule has 1 atom stereocenters. The molecule has 5 heteroatoms. The van der Waals surface area contributed by atoms with Crippen LogP contribution in [0.5, 0.6) is 0 Å². The maximum atomic E-state index is 5.53. The second-order valence-electron chi connectivity index (χ2n) is 4.04. The van der Waals surface area contributed by atoms with E-state index in [0.717, 1.165) is 25.3 Å². The third-order valence-electron chi connectivity index (χ3n) is 2.91. The number of hydrazine groups is 1. The molecule has 1 aliphatic rings. The average molecular weight is 234 g/mol. The van der Waals surface area contributed by atoms with Crippen molar-refractivity contribution in [2.24, 2.45) is 10.8 Å². The first-order chi connectivity index (χ1) is 8.31. The highest BCUT2D eigenvalue weighted by molar-refractivity contribution is 5.82. The molecule has 0 saturated carbocycles. The SMILES string of the molecule is CN(C(=Nc1ccccc1)NN)C1CCOC1. The van der Waals surface area contributed by atoms with Crippen LogP contribution in [0.1, 0.15) is 6.42 Å². The molecule has 92 valence electrons. The topological polar surface area (TPSA) is 62.9 Å². The minimum atomic E-state index is 0.341. The van der Waals surface area contributed by atoms with E-state index in [1.54, 1.807) is 0 Å². The standard InChI is InChI=1S/C12H18N4O/c1-16(11-7-8-17-9-11)12(15-13)14-10-5-3-2-4-6-10/h2-6,11H,7-9,13H2,1H3,(H,14,15). The number of ether oxygens (including phenoxy) is 1. The molecule has 1 aromatic rings. The third-order valence-corrected chi connectivity index (χ3v) is 2.91. The predicted octanol–water partition coefficient (Wildman–Crippen LogP) is 0.858. The summed E-state index contributed by atoms with van der Waals surface area (Å²) in [6, 6.07) is 10.1. The lowest BCUT2D eigenvalue weighted by Gasteiger charge is -2.25. The van der Waals surface area contributed by atoms with E-state index in [4.69, 9.17) is 10.6 Å². The third kappa shape index (κ3) is 2.95. The van der Waals surface area contributed by atoms with Crippen molar-refractivity contribution >= 4 is 11.6 Å². The summed E-state index contributed by atoms with van der Waals surface area (Å²) in [5.74, 6) is 6.18. The number of nitrogens with one attached hydrogen (secondary N) is 1. The summed E-state index contributed by atoms with van der Waals surface area (Å²) in [4.78, 5) is 6.50. The van der Waals surface area contributed by atoms with Gasteiger partial charge in [-0.05, 0) is 18.6 Å². The van der Waals surface area contributed by atoms with Crippen molar-refractivity contribution in [2.75, 3.05) is 20.3 Å². The van der Waals surface area contributed by atoms with Crippen LogP contribution in [0.3, 0.4) is 0 Å². The Hall–Kier alpha value is -1.59. The Labute approximate surface area is 101 Å². The number of nitrogens with two attached hydrogens (primary N) is 1. The Bertz CT molecular complexity index is 373. The molecule has 1 aliphatic heterocycles. The fourth-order valence-electron chi connectivity index (χ4n) is 1.84. The quantitative estimate of drug-likeness (QED) is 0.345. The van der Waals surface area contributed by atoms with Crippen LogP contribution in [0.25, 0.3) is 0 Å². The van der Waals surface area contributed by atoms with Crippen molar-refractivity contribution < 1.29 is 4.74 Å². The molecular weight excluding hydrogens is 216 g/mol. The molecule has 0 amide bonds. The first-order valence-corrected chi connectivity index (χ1v) is 5.72. The molecule has 3 N–H and O–H groups in total. The molecule has 0 spiro atoms. The van der Waals surface area contributed by atoms with E-state index in [-0.39, 0.29) is 0 Å². The van der Waals surface area contributed by atoms with Crippen molar-refractivity contribution in [3.63, 3.8) is 0 Å². The monoisotopic (exact) mass is 234 g/mol. The van der Waals surface area contributed by atoms with Gasteiger partial charge in [0, 0.05) is 13.7 Å². The van der Waals surface area contributed by atoms with Crippen LogP contribution in [-0.4, -0.2) is 37.2 Å². The minimum absolute atomic E-state index is 0.341. The Kier molecular flexibility index (Phi) is 3.95. The number of rotatable bonds is 2. The maximum Gasteiger partial charge on any atom is 0.213 e. The smallest absolute Gasteiger partial charge is 0.213 e. The number of likely N-dealkylation sites (N-methyl/N-ethyl adjacent to an activating group) is 1. The van der Waals surface area contributed by atoms with E-state index in [2.05, 4.69) is 10.4 Å². The summed E-state index contributed by atoms with van der Waals surface area (Å²) < 4.78 is 5.36. The van der Waals surface area contributed by atoms with E-state index in [9.17, 15) is 0 Å². The lowest BCUT2D eigenvalue weighted by molar-refractivity contribution is 0.178. The van der Waals surface area contributed by atoms with Crippen LogP contribution in [0.2, 0.25) is 0 Å². The number of hydrogen-bond acceptors (Lipinski definition) is 3. The number of nitrogens with zero attached hydrogens (tertiary/aromatic N) is 2. The minimum Gasteiger partial charge on any atom is -0.379 e. The zero-order chi connectivity index (χ0) is 12.1. The fourth-order valence-corrected chi connectivity index (χ4v) is 1.84. The fraction of sp³-hybridized carbons (Fsp3) is 0.417. The summed E-state index contributed by atoms with van der Waals surface area (Å²) in [5, 5.41) is 0. The Morgan fingerprint density at radius 3 is 2.82 bits per heavy atom. The number of aliphatic imine (C=N–C) groups is 1. The highest BCUT2D eigenvalue weighted by Crippen LogP contribution is 2.14. The number of benzene rings is 1. The van der Waals surface area contributed by atoms with Gasteiger partial charge in [0.05, 0.1) is 18.3 Å². The summed E-state index contributed by atoms with van der Waals surface area (Å²) in [6.07, 6.45) is 1.01. The summed E-state index contributed by atoms with van der Waals surface area (Å²) in [7, 11) is 1.97. The molecule has 1 fully saturated rings. The molecule has 1 saturated heterocycles. The van der Waals surface area contributed by atoms with Crippen molar-refractivity contribution in [3.05, 3.63) is 30.3 Å². The Morgan fingerprint density at radius 1 is 1.47 bits per heavy atom. The first-order valence-electron chi connectivity index (χ1n) is 5.72.